The highest BCUT2D eigenvalue weighted by molar-refractivity contribution is 6.34. The summed E-state index contributed by atoms with van der Waals surface area (Å²) in [6.07, 6.45) is 1.86. The summed E-state index contributed by atoms with van der Waals surface area (Å²) in [5.74, 6) is 0.738. The Morgan fingerprint density at radius 1 is 1.42 bits per heavy atom. The average molecular weight is 182 g/mol. The molecule has 0 aliphatic carbocycles. The highest BCUT2D eigenvalue weighted by Gasteiger charge is 2.05. The van der Waals surface area contributed by atoms with E-state index in [1.54, 1.807) is 4.52 Å². The third-order valence-corrected chi connectivity index (χ3v) is 2.21. The first-order chi connectivity index (χ1) is 5.68. The van der Waals surface area contributed by atoms with Gasteiger partial charge in [-0.25, -0.2) is 9.50 Å². The molecule has 0 amide bonds. The van der Waals surface area contributed by atoms with E-state index in [9.17, 15) is 0 Å². The molecule has 0 radical (unpaired) electrons. The Morgan fingerprint density at radius 2 is 2.17 bits per heavy atom. The minimum Gasteiger partial charge on any atom is -0.219 e. The van der Waals surface area contributed by atoms with Crippen LogP contribution in [-0.4, -0.2) is 14.6 Å². The normalized spacial score (nSPS) is 10.9. The van der Waals surface area contributed by atoms with Crippen LogP contribution in [0.4, 0.5) is 0 Å². The molecule has 4 heteroatoms. The molecule has 0 aliphatic rings. The lowest BCUT2D eigenvalue weighted by molar-refractivity contribution is 0.928. The molecule has 0 spiro atoms. The van der Waals surface area contributed by atoms with E-state index in [4.69, 9.17) is 11.6 Å². The van der Waals surface area contributed by atoms with Crippen LogP contribution in [0.3, 0.4) is 0 Å². The molecule has 2 aromatic heterocycles. The molecular weight excluding hydrogens is 174 g/mol. The van der Waals surface area contributed by atoms with Gasteiger partial charge in [0.25, 0.3) is 0 Å². The summed E-state index contributed by atoms with van der Waals surface area (Å²) < 4.78 is 1.69. The lowest BCUT2D eigenvalue weighted by atomic mass is 10.3. The zero-order valence-corrected chi connectivity index (χ0v) is 7.63. The average Bonchev–Trinajstić information content (AvgIpc) is 2.39. The van der Waals surface area contributed by atoms with Crippen LogP contribution in [0.25, 0.3) is 5.65 Å². The van der Waals surface area contributed by atoms with E-state index >= 15 is 0 Å². The summed E-state index contributed by atoms with van der Waals surface area (Å²) in [5.41, 5.74) is 1.76. The highest BCUT2D eigenvalue weighted by atomic mass is 35.5. The summed E-state index contributed by atoms with van der Waals surface area (Å²) in [7, 11) is 0. The van der Waals surface area contributed by atoms with Gasteiger partial charge in [0.15, 0.2) is 5.65 Å². The predicted octanol–water partition coefficient (Wildman–Crippen LogP) is 2.00. The standard InChI is InChI=1S/C8H8ClN3/c1-5-3-4-12-8(7(5)9)10-6(2)11-12/h3-4H,1-2H3. The van der Waals surface area contributed by atoms with Crippen molar-refractivity contribution in [3.63, 3.8) is 0 Å². The molecule has 2 rings (SSSR count). The molecule has 0 aliphatic heterocycles. The van der Waals surface area contributed by atoms with Crippen LogP contribution in [0.1, 0.15) is 11.4 Å². The van der Waals surface area contributed by atoms with Crippen LogP contribution in [0.15, 0.2) is 12.3 Å². The second-order valence-electron chi connectivity index (χ2n) is 2.74. The molecule has 0 N–H and O–H groups in total. The van der Waals surface area contributed by atoms with Crippen molar-refractivity contribution < 1.29 is 0 Å². The van der Waals surface area contributed by atoms with Crippen LogP contribution in [0.5, 0.6) is 0 Å². The fourth-order valence-electron chi connectivity index (χ4n) is 1.12. The minimum absolute atomic E-state index is 0.679. The second kappa shape index (κ2) is 2.45. The maximum absolute atomic E-state index is 6.02. The number of fused-ring (bicyclic) bond motifs is 1. The van der Waals surface area contributed by atoms with Crippen LogP contribution in [0.2, 0.25) is 5.02 Å². The predicted molar refractivity (Wildman–Crippen MR) is 47.5 cm³/mol. The number of nitrogens with zero attached hydrogens (tertiary/aromatic N) is 3. The fourth-order valence-corrected chi connectivity index (χ4v) is 1.31. The topological polar surface area (TPSA) is 30.2 Å². The molecular formula is C8H8ClN3. The van der Waals surface area contributed by atoms with Gasteiger partial charge < -0.3 is 0 Å². The Labute approximate surface area is 75.0 Å². The van der Waals surface area contributed by atoms with Gasteiger partial charge in [0.05, 0.1) is 5.02 Å². The zero-order valence-electron chi connectivity index (χ0n) is 6.87. The third-order valence-electron chi connectivity index (χ3n) is 1.75. The molecule has 0 bridgehead atoms. The number of hydrogen-bond donors (Lipinski definition) is 0. The van der Waals surface area contributed by atoms with E-state index in [0.717, 1.165) is 17.0 Å². The van der Waals surface area contributed by atoms with Gasteiger partial charge in [-0.3, -0.25) is 0 Å². The van der Waals surface area contributed by atoms with E-state index in [1.165, 1.54) is 0 Å². The Hall–Kier alpha value is -1.09. The Bertz CT molecular complexity index is 433. The van der Waals surface area contributed by atoms with Crippen molar-refractivity contribution in [3.05, 3.63) is 28.7 Å². The van der Waals surface area contributed by atoms with Crippen LogP contribution in [0, 0.1) is 13.8 Å². The Morgan fingerprint density at radius 3 is 2.92 bits per heavy atom. The van der Waals surface area contributed by atoms with Crippen molar-refractivity contribution >= 4 is 17.2 Å². The van der Waals surface area contributed by atoms with Crippen LogP contribution in [-0.2, 0) is 0 Å². The van der Waals surface area contributed by atoms with Gasteiger partial charge in [-0.1, -0.05) is 11.6 Å². The highest BCUT2D eigenvalue weighted by Crippen LogP contribution is 2.19. The third kappa shape index (κ3) is 0.975. The number of rotatable bonds is 0. The number of hydrogen-bond acceptors (Lipinski definition) is 2. The van der Waals surface area contributed by atoms with E-state index < -0.39 is 0 Å². The molecule has 2 aromatic rings. The molecule has 0 aromatic carbocycles. The molecule has 62 valence electrons. The number of pyridine rings is 1. The van der Waals surface area contributed by atoms with Crippen molar-refractivity contribution in [1.29, 1.82) is 0 Å². The summed E-state index contributed by atoms with van der Waals surface area (Å²) in [6.45, 7) is 3.80. The van der Waals surface area contributed by atoms with Gasteiger partial charge in [-0.2, -0.15) is 5.10 Å². The maximum Gasteiger partial charge on any atom is 0.174 e. The second-order valence-corrected chi connectivity index (χ2v) is 3.12. The minimum atomic E-state index is 0.679. The van der Waals surface area contributed by atoms with E-state index in [-0.39, 0.29) is 0 Å². The molecule has 12 heavy (non-hydrogen) atoms. The molecule has 2 heterocycles. The lowest BCUT2D eigenvalue weighted by Gasteiger charge is -1.96. The van der Waals surface area contributed by atoms with E-state index in [1.807, 2.05) is 26.1 Å². The van der Waals surface area contributed by atoms with Gasteiger partial charge >= 0.3 is 0 Å². The first-order valence-corrected chi connectivity index (χ1v) is 4.04. The van der Waals surface area contributed by atoms with Crippen molar-refractivity contribution in [3.8, 4) is 0 Å². The van der Waals surface area contributed by atoms with E-state index in [2.05, 4.69) is 10.1 Å². The molecule has 0 saturated carbocycles. The van der Waals surface area contributed by atoms with E-state index in [0.29, 0.717) is 5.02 Å². The first kappa shape index (κ1) is 7.55. The van der Waals surface area contributed by atoms with Gasteiger partial charge in [0.1, 0.15) is 5.82 Å². The Kier molecular flexibility index (Phi) is 1.54. The van der Waals surface area contributed by atoms with Crippen molar-refractivity contribution in [2.45, 2.75) is 13.8 Å². The Balaban J connectivity index is 2.89. The number of aryl methyl sites for hydroxylation is 2. The molecule has 0 unspecified atom stereocenters. The number of halogens is 1. The summed E-state index contributed by atoms with van der Waals surface area (Å²) in [6, 6.07) is 1.92. The summed E-state index contributed by atoms with van der Waals surface area (Å²) in [5, 5.41) is 4.82. The lowest BCUT2D eigenvalue weighted by Crippen LogP contribution is -1.88. The molecule has 0 saturated heterocycles. The van der Waals surface area contributed by atoms with Crippen molar-refractivity contribution in [1.82, 2.24) is 14.6 Å². The zero-order chi connectivity index (χ0) is 8.72. The smallest absolute Gasteiger partial charge is 0.174 e. The summed E-state index contributed by atoms with van der Waals surface area (Å²) in [4.78, 5) is 4.19. The first-order valence-electron chi connectivity index (χ1n) is 3.66. The van der Waals surface area contributed by atoms with Gasteiger partial charge in [-0.15, -0.1) is 0 Å². The monoisotopic (exact) mass is 181 g/mol. The summed E-state index contributed by atoms with van der Waals surface area (Å²) >= 11 is 6.02. The molecule has 0 fully saturated rings. The number of aromatic nitrogens is 3. The van der Waals surface area contributed by atoms with Crippen molar-refractivity contribution in [2.24, 2.45) is 0 Å². The van der Waals surface area contributed by atoms with Gasteiger partial charge in [0, 0.05) is 6.20 Å². The fraction of sp³-hybridized carbons (Fsp3) is 0.250. The molecule has 0 atom stereocenters. The van der Waals surface area contributed by atoms with Gasteiger partial charge in [-0.05, 0) is 25.5 Å². The van der Waals surface area contributed by atoms with Crippen molar-refractivity contribution in [2.75, 3.05) is 0 Å². The quantitative estimate of drug-likeness (QED) is 0.622. The van der Waals surface area contributed by atoms with Gasteiger partial charge in [0.2, 0.25) is 0 Å². The maximum atomic E-state index is 6.02. The van der Waals surface area contributed by atoms with Crippen LogP contribution < -0.4 is 0 Å². The SMILES string of the molecule is Cc1nc2c(Cl)c(C)ccn2n1. The van der Waals surface area contributed by atoms with Crippen LogP contribution >= 0.6 is 11.6 Å². The molecule has 3 nitrogen and oxygen atoms in total. The largest absolute Gasteiger partial charge is 0.219 e.